The summed E-state index contributed by atoms with van der Waals surface area (Å²) in [5.74, 6) is 0. The first-order valence-electron chi connectivity index (χ1n) is 10.8. The Kier molecular flexibility index (Phi) is 8.64. The Morgan fingerprint density at radius 3 is 2.42 bits per heavy atom. The zero-order chi connectivity index (χ0) is 22.8. The van der Waals surface area contributed by atoms with Gasteiger partial charge < -0.3 is 9.47 Å². The topological polar surface area (TPSA) is 68.3 Å². The van der Waals surface area contributed by atoms with E-state index in [2.05, 4.69) is 14.8 Å². The summed E-state index contributed by atoms with van der Waals surface area (Å²) < 4.78 is 4.42. The predicted molar refractivity (Wildman–Crippen MR) is 135 cm³/mol. The highest BCUT2D eigenvalue weighted by molar-refractivity contribution is 6.42. The van der Waals surface area contributed by atoms with Crippen LogP contribution in [0.4, 0.5) is 0 Å². The number of benzene rings is 1. The van der Waals surface area contributed by atoms with Crippen LogP contribution < -0.4 is 11.2 Å². The van der Waals surface area contributed by atoms with E-state index in [1.54, 1.807) is 13.4 Å². The molecule has 3 heterocycles. The van der Waals surface area contributed by atoms with Crippen molar-refractivity contribution in [1.82, 2.24) is 28.5 Å². The number of nitrogens with zero attached hydrogens (tertiary/aromatic N) is 6. The Hall–Kier alpha value is -1.84. The molecule has 0 saturated carbocycles. The average molecular weight is 516 g/mol. The van der Waals surface area contributed by atoms with E-state index < -0.39 is 0 Å². The van der Waals surface area contributed by atoms with Crippen LogP contribution in [0.5, 0.6) is 0 Å². The summed E-state index contributed by atoms with van der Waals surface area (Å²) in [7, 11) is 3.14. The lowest BCUT2D eigenvalue weighted by atomic mass is 10.2. The number of halogens is 3. The molecule has 1 aliphatic heterocycles. The van der Waals surface area contributed by atoms with Gasteiger partial charge in [0, 0.05) is 40.3 Å². The van der Waals surface area contributed by atoms with Gasteiger partial charge in [-0.25, -0.2) is 9.78 Å². The zero-order valence-electron chi connectivity index (χ0n) is 18.8. The molecule has 0 N–H and O–H groups in total. The van der Waals surface area contributed by atoms with Crippen LogP contribution in [-0.4, -0.2) is 61.2 Å². The fraction of sp³-hybridized carbons (Fsp3) is 0.500. The van der Waals surface area contributed by atoms with Crippen molar-refractivity contribution in [3.8, 4) is 0 Å². The maximum absolute atomic E-state index is 12.6. The van der Waals surface area contributed by atoms with Crippen molar-refractivity contribution in [1.29, 1.82) is 0 Å². The summed E-state index contributed by atoms with van der Waals surface area (Å²) >= 11 is 12.2. The highest BCUT2D eigenvalue weighted by atomic mass is 35.5. The quantitative estimate of drug-likeness (QED) is 0.505. The first-order chi connectivity index (χ1) is 15.3. The van der Waals surface area contributed by atoms with Gasteiger partial charge in [-0.15, -0.1) is 12.4 Å². The monoisotopic (exact) mass is 514 g/mol. The Morgan fingerprint density at radius 2 is 1.67 bits per heavy atom. The van der Waals surface area contributed by atoms with Gasteiger partial charge in [-0.3, -0.25) is 18.8 Å². The van der Waals surface area contributed by atoms with Gasteiger partial charge in [-0.05, 0) is 50.2 Å². The minimum absolute atomic E-state index is 0. The van der Waals surface area contributed by atoms with Crippen LogP contribution in [0.3, 0.4) is 0 Å². The molecular formula is C22H29Cl3N6O2. The fourth-order valence-corrected chi connectivity index (χ4v) is 4.65. The number of rotatable bonds is 6. The lowest BCUT2D eigenvalue weighted by Crippen LogP contribution is -2.37. The summed E-state index contributed by atoms with van der Waals surface area (Å²) in [5.41, 5.74) is 1.44. The second-order valence-corrected chi connectivity index (χ2v) is 9.20. The van der Waals surface area contributed by atoms with E-state index >= 15 is 0 Å². The van der Waals surface area contributed by atoms with Gasteiger partial charge in [-0.1, -0.05) is 29.3 Å². The lowest BCUT2D eigenvalue weighted by molar-refractivity contribution is 0.248. The lowest BCUT2D eigenvalue weighted by Gasteiger charge is -2.22. The summed E-state index contributed by atoms with van der Waals surface area (Å²) in [6.45, 7) is 6.61. The molecule has 1 fully saturated rings. The molecule has 0 spiro atoms. The maximum Gasteiger partial charge on any atom is 0.332 e. The molecule has 0 atom stereocenters. The Bertz CT molecular complexity index is 1240. The van der Waals surface area contributed by atoms with Gasteiger partial charge in [0.15, 0.2) is 11.2 Å². The number of hydrogen-bond donors (Lipinski definition) is 0. The van der Waals surface area contributed by atoms with Crippen molar-refractivity contribution in [2.45, 2.75) is 25.9 Å². The first-order valence-corrected chi connectivity index (χ1v) is 11.6. The molecule has 2 aromatic heterocycles. The maximum atomic E-state index is 12.6. The molecule has 1 saturated heterocycles. The normalized spacial score (nSPS) is 15.5. The molecule has 3 aromatic rings. The summed E-state index contributed by atoms with van der Waals surface area (Å²) in [6, 6.07) is 5.84. The predicted octanol–water partition coefficient (Wildman–Crippen LogP) is 2.76. The Labute approximate surface area is 208 Å². The third kappa shape index (κ3) is 5.63. The number of hydrogen-bond acceptors (Lipinski definition) is 5. The number of aryl methyl sites for hydroxylation is 2. The van der Waals surface area contributed by atoms with Crippen LogP contribution in [0, 0.1) is 0 Å². The molecule has 0 aliphatic carbocycles. The molecule has 11 heteroatoms. The smallest absolute Gasteiger partial charge is 0.325 e. The molecule has 1 aliphatic rings. The molecule has 0 radical (unpaired) electrons. The standard InChI is InChI=1S/C22H28Cl2N6O2.ClH/c1-26-20-19(21(31)27(2)22(26)32)30(15-25-20)10-4-8-28-7-3-9-29(12-11-28)14-16-5-6-17(23)18(24)13-16;/h5-6,13,15H,3-4,7-12,14H2,1-2H3;1H. The van der Waals surface area contributed by atoms with E-state index in [0.29, 0.717) is 27.8 Å². The minimum Gasteiger partial charge on any atom is -0.325 e. The number of imidazole rings is 1. The van der Waals surface area contributed by atoms with Gasteiger partial charge in [-0.2, -0.15) is 0 Å². The van der Waals surface area contributed by atoms with Gasteiger partial charge in [0.2, 0.25) is 0 Å². The Morgan fingerprint density at radius 1 is 0.939 bits per heavy atom. The molecule has 33 heavy (non-hydrogen) atoms. The van der Waals surface area contributed by atoms with Crippen LogP contribution in [0.15, 0.2) is 34.1 Å². The molecule has 0 amide bonds. The van der Waals surface area contributed by atoms with Crippen molar-refractivity contribution in [2.75, 3.05) is 32.7 Å². The fourth-order valence-electron chi connectivity index (χ4n) is 4.33. The largest absolute Gasteiger partial charge is 0.332 e. The third-order valence-corrected chi connectivity index (χ3v) is 6.90. The van der Waals surface area contributed by atoms with Crippen LogP contribution in [0.25, 0.3) is 11.2 Å². The highest BCUT2D eigenvalue weighted by Gasteiger charge is 2.17. The molecule has 4 rings (SSSR count). The Balaban J connectivity index is 0.00000306. The molecule has 8 nitrogen and oxygen atoms in total. The van der Waals surface area contributed by atoms with Crippen LogP contribution in [-0.2, 0) is 27.2 Å². The molecule has 0 bridgehead atoms. The van der Waals surface area contributed by atoms with Crippen LogP contribution in [0.2, 0.25) is 10.0 Å². The molecule has 1 aromatic carbocycles. The van der Waals surface area contributed by atoms with Crippen molar-refractivity contribution in [3.05, 3.63) is 61.0 Å². The van der Waals surface area contributed by atoms with Gasteiger partial charge >= 0.3 is 5.69 Å². The van der Waals surface area contributed by atoms with E-state index in [-0.39, 0.29) is 23.7 Å². The highest BCUT2D eigenvalue weighted by Crippen LogP contribution is 2.23. The van der Waals surface area contributed by atoms with E-state index in [9.17, 15) is 9.59 Å². The number of aromatic nitrogens is 4. The molecular weight excluding hydrogens is 487 g/mol. The molecule has 180 valence electrons. The SMILES string of the molecule is Cl.Cn1c(=O)c2c(ncn2CCCN2CCCN(Cc3ccc(Cl)c(Cl)c3)CC2)n(C)c1=O. The van der Waals surface area contributed by atoms with E-state index in [1.165, 1.54) is 17.2 Å². The zero-order valence-corrected chi connectivity index (χ0v) is 21.2. The van der Waals surface area contributed by atoms with E-state index in [4.69, 9.17) is 23.2 Å². The van der Waals surface area contributed by atoms with E-state index in [1.807, 2.05) is 22.8 Å². The van der Waals surface area contributed by atoms with Crippen molar-refractivity contribution in [2.24, 2.45) is 14.1 Å². The second kappa shape index (κ2) is 11.1. The first kappa shape index (κ1) is 25.8. The van der Waals surface area contributed by atoms with E-state index in [0.717, 1.165) is 56.7 Å². The van der Waals surface area contributed by atoms with Crippen molar-refractivity contribution in [3.63, 3.8) is 0 Å². The second-order valence-electron chi connectivity index (χ2n) is 8.39. The average Bonchev–Trinajstić information content (AvgIpc) is 3.07. The third-order valence-electron chi connectivity index (χ3n) is 6.16. The summed E-state index contributed by atoms with van der Waals surface area (Å²) in [6.07, 6.45) is 3.68. The van der Waals surface area contributed by atoms with Crippen LogP contribution >= 0.6 is 35.6 Å². The summed E-state index contributed by atoms with van der Waals surface area (Å²) in [5, 5.41) is 1.19. The van der Waals surface area contributed by atoms with Crippen LogP contribution in [0.1, 0.15) is 18.4 Å². The van der Waals surface area contributed by atoms with Gasteiger partial charge in [0.05, 0.1) is 16.4 Å². The van der Waals surface area contributed by atoms with Gasteiger partial charge in [0.25, 0.3) is 5.56 Å². The summed E-state index contributed by atoms with van der Waals surface area (Å²) in [4.78, 5) is 33.9. The minimum atomic E-state index is -0.359. The van der Waals surface area contributed by atoms with Gasteiger partial charge in [0.1, 0.15) is 0 Å². The van der Waals surface area contributed by atoms with Crippen molar-refractivity contribution >= 4 is 46.8 Å². The van der Waals surface area contributed by atoms with Crippen molar-refractivity contribution < 1.29 is 0 Å². The molecule has 0 unspecified atom stereocenters. The number of fused-ring (bicyclic) bond motifs is 1.